The standard InChI is InChI=1S/C15H14N3O2S2/c1-9-7-10(2)14-13(8-9)21-15(17-14)18-22(19,20)12-5-3-11(16)4-6-12/h3-8H,16H2,1-2H3/q-1. The molecule has 0 amide bonds. The summed E-state index contributed by atoms with van der Waals surface area (Å²) in [5.74, 6) is 0. The fourth-order valence-electron chi connectivity index (χ4n) is 2.19. The molecule has 2 aromatic carbocycles. The third kappa shape index (κ3) is 2.77. The molecule has 114 valence electrons. The minimum Gasteiger partial charge on any atom is -0.425 e. The molecule has 0 aliphatic rings. The van der Waals surface area contributed by atoms with E-state index in [0.717, 1.165) is 21.3 Å². The van der Waals surface area contributed by atoms with Crippen molar-refractivity contribution < 1.29 is 8.42 Å². The van der Waals surface area contributed by atoms with Crippen molar-refractivity contribution in [2.24, 2.45) is 0 Å². The van der Waals surface area contributed by atoms with Crippen molar-refractivity contribution in [2.45, 2.75) is 18.7 Å². The molecule has 2 N–H and O–H groups in total. The van der Waals surface area contributed by atoms with Gasteiger partial charge in [0.15, 0.2) is 0 Å². The van der Waals surface area contributed by atoms with E-state index in [1.54, 1.807) is 0 Å². The van der Waals surface area contributed by atoms with E-state index in [0.29, 0.717) is 5.69 Å². The summed E-state index contributed by atoms with van der Waals surface area (Å²) in [5.41, 5.74) is 8.99. The van der Waals surface area contributed by atoms with Crippen molar-refractivity contribution in [3.63, 3.8) is 0 Å². The predicted molar refractivity (Wildman–Crippen MR) is 90.2 cm³/mol. The Bertz CT molecular complexity index is 945. The predicted octanol–water partition coefficient (Wildman–Crippen LogP) is 3.89. The Morgan fingerprint density at radius 2 is 1.82 bits per heavy atom. The van der Waals surface area contributed by atoms with E-state index in [4.69, 9.17) is 5.73 Å². The van der Waals surface area contributed by atoms with Crippen molar-refractivity contribution in [3.05, 3.63) is 52.2 Å². The van der Waals surface area contributed by atoms with Crippen molar-refractivity contribution in [3.8, 4) is 0 Å². The summed E-state index contributed by atoms with van der Waals surface area (Å²) in [6.45, 7) is 3.95. The highest BCUT2D eigenvalue weighted by Crippen LogP contribution is 2.36. The lowest BCUT2D eigenvalue weighted by atomic mass is 10.1. The van der Waals surface area contributed by atoms with Crippen LogP contribution in [0.1, 0.15) is 11.1 Å². The van der Waals surface area contributed by atoms with Crippen molar-refractivity contribution in [1.29, 1.82) is 0 Å². The Kier molecular flexibility index (Phi) is 3.54. The van der Waals surface area contributed by atoms with E-state index in [9.17, 15) is 8.42 Å². The molecule has 3 rings (SSSR count). The Labute approximate surface area is 132 Å². The van der Waals surface area contributed by atoms with Crippen LogP contribution in [0, 0.1) is 13.8 Å². The molecular weight excluding hydrogens is 318 g/mol. The van der Waals surface area contributed by atoms with Crippen LogP contribution in [0.4, 0.5) is 10.8 Å². The minimum atomic E-state index is -3.78. The van der Waals surface area contributed by atoms with Crippen LogP contribution in [0.3, 0.4) is 0 Å². The molecule has 0 saturated carbocycles. The van der Waals surface area contributed by atoms with Gasteiger partial charge in [0.05, 0.1) is 4.90 Å². The molecular formula is C15H14N3O2S2-. The molecule has 1 heterocycles. The number of rotatable bonds is 3. The van der Waals surface area contributed by atoms with Gasteiger partial charge in [-0.25, -0.2) is 8.42 Å². The maximum absolute atomic E-state index is 12.3. The third-order valence-electron chi connectivity index (χ3n) is 3.19. The topological polar surface area (TPSA) is 87.2 Å². The largest absolute Gasteiger partial charge is 0.425 e. The maximum atomic E-state index is 12.3. The second-order valence-electron chi connectivity index (χ2n) is 5.06. The first-order valence-corrected chi connectivity index (χ1v) is 8.82. The molecule has 1 aromatic heterocycles. The zero-order valence-electron chi connectivity index (χ0n) is 12.1. The highest BCUT2D eigenvalue weighted by Gasteiger charge is 2.11. The number of aryl methyl sites for hydroxylation is 2. The molecule has 7 heteroatoms. The average Bonchev–Trinajstić information content (AvgIpc) is 2.81. The summed E-state index contributed by atoms with van der Waals surface area (Å²) in [5, 5.41) is 0.237. The minimum absolute atomic E-state index is 0.105. The van der Waals surface area contributed by atoms with Gasteiger partial charge >= 0.3 is 0 Å². The Morgan fingerprint density at radius 1 is 1.14 bits per heavy atom. The lowest BCUT2D eigenvalue weighted by Crippen LogP contribution is -1.97. The summed E-state index contributed by atoms with van der Waals surface area (Å²) < 4.78 is 29.4. The number of benzene rings is 2. The van der Waals surface area contributed by atoms with Crippen LogP contribution in [0.25, 0.3) is 14.9 Å². The Balaban J connectivity index is 1.98. The summed E-state index contributed by atoms with van der Waals surface area (Å²) in [4.78, 5) is 4.44. The molecule has 5 nitrogen and oxygen atoms in total. The van der Waals surface area contributed by atoms with Gasteiger partial charge < -0.3 is 15.4 Å². The fraction of sp³-hybridized carbons (Fsp3) is 0.133. The summed E-state index contributed by atoms with van der Waals surface area (Å²) >= 11 is 1.27. The first kappa shape index (κ1) is 14.8. The van der Waals surface area contributed by atoms with Crippen molar-refractivity contribution in [1.82, 2.24) is 4.98 Å². The van der Waals surface area contributed by atoms with Gasteiger partial charge in [0.25, 0.3) is 0 Å². The van der Waals surface area contributed by atoms with Crippen LogP contribution < -0.4 is 5.73 Å². The Morgan fingerprint density at radius 3 is 2.50 bits per heavy atom. The molecule has 0 unspecified atom stereocenters. The fourth-order valence-corrected chi connectivity index (χ4v) is 4.35. The van der Waals surface area contributed by atoms with Crippen molar-refractivity contribution in [2.75, 3.05) is 5.73 Å². The number of anilines is 1. The molecule has 0 aliphatic carbocycles. The number of sulfonamides is 1. The number of nitrogens with two attached hydrogens (primary N) is 1. The number of aromatic nitrogens is 1. The number of nitrogens with zero attached hydrogens (tertiary/aromatic N) is 2. The molecule has 0 fully saturated rings. The van der Waals surface area contributed by atoms with Crippen LogP contribution in [-0.2, 0) is 10.0 Å². The molecule has 22 heavy (non-hydrogen) atoms. The van der Waals surface area contributed by atoms with E-state index in [-0.39, 0.29) is 10.0 Å². The summed E-state index contributed by atoms with van der Waals surface area (Å²) in [7, 11) is -3.78. The second-order valence-corrected chi connectivity index (χ2v) is 7.67. The van der Waals surface area contributed by atoms with Gasteiger partial charge in [-0.1, -0.05) is 6.07 Å². The summed E-state index contributed by atoms with van der Waals surface area (Å²) in [6.07, 6.45) is 0. The van der Waals surface area contributed by atoms with Gasteiger partial charge in [-0.2, -0.15) is 0 Å². The van der Waals surface area contributed by atoms with Gasteiger partial charge in [0.2, 0.25) is 10.0 Å². The third-order valence-corrected chi connectivity index (χ3v) is 5.49. The zero-order chi connectivity index (χ0) is 15.9. The van der Waals surface area contributed by atoms with Gasteiger partial charge in [-0.3, -0.25) is 0 Å². The van der Waals surface area contributed by atoms with Gasteiger partial charge in [0, 0.05) is 15.5 Å². The quantitative estimate of drug-likeness (QED) is 0.737. The highest BCUT2D eigenvalue weighted by atomic mass is 32.2. The first-order chi connectivity index (χ1) is 10.3. The molecule has 0 bridgehead atoms. The van der Waals surface area contributed by atoms with E-state index >= 15 is 0 Å². The van der Waals surface area contributed by atoms with E-state index in [1.165, 1.54) is 35.6 Å². The number of fused-ring (bicyclic) bond motifs is 1. The average molecular weight is 332 g/mol. The Hall–Kier alpha value is -2.12. The lowest BCUT2D eigenvalue weighted by molar-refractivity contribution is 0.603. The smallest absolute Gasteiger partial charge is 0.202 e. The first-order valence-electron chi connectivity index (χ1n) is 6.56. The molecule has 0 saturated heterocycles. The zero-order valence-corrected chi connectivity index (χ0v) is 13.7. The van der Waals surface area contributed by atoms with Crippen LogP contribution in [0.2, 0.25) is 0 Å². The number of nitrogen functional groups attached to an aromatic ring is 1. The molecule has 0 aliphatic heterocycles. The second kappa shape index (κ2) is 5.26. The summed E-state index contributed by atoms with van der Waals surface area (Å²) in [6, 6.07) is 9.95. The van der Waals surface area contributed by atoms with Crippen LogP contribution in [0.15, 0.2) is 41.3 Å². The number of hydrogen-bond acceptors (Lipinski definition) is 5. The highest BCUT2D eigenvalue weighted by molar-refractivity contribution is 7.94. The molecule has 0 spiro atoms. The van der Waals surface area contributed by atoms with Crippen molar-refractivity contribution >= 4 is 42.4 Å². The van der Waals surface area contributed by atoms with Crippen LogP contribution >= 0.6 is 11.3 Å². The molecule has 3 aromatic rings. The van der Waals surface area contributed by atoms with Crippen LogP contribution in [0.5, 0.6) is 0 Å². The molecule has 0 atom stereocenters. The van der Waals surface area contributed by atoms with Gasteiger partial charge in [-0.15, -0.1) is 11.3 Å². The SMILES string of the molecule is Cc1cc(C)c2nc([N-]S(=O)(=O)c3ccc(N)cc3)sc2c1. The van der Waals surface area contributed by atoms with E-state index in [2.05, 4.69) is 9.71 Å². The van der Waals surface area contributed by atoms with E-state index < -0.39 is 10.0 Å². The normalized spacial score (nSPS) is 11.7. The van der Waals surface area contributed by atoms with E-state index in [1.807, 2.05) is 26.0 Å². The number of hydrogen-bond donors (Lipinski definition) is 1. The lowest BCUT2D eigenvalue weighted by Gasteiger charge is -2.11. The number of thiazole rings is 1. The maximum Gasteiger partial charge on any atom is 0.202 e. The van der Waals surface area contributed by atoms with Gasteiger partial charge in [0.1, 0.15) is 0 Å². The monoisotopic (exact) mass is 332 g/mol. The van der Waals surface area contributed by atoms with Gasteiger partial charge in [-0.05, 0) is 60.8 Å². The van der Waals surface area contributed by atoms with Crippen LogP contribution in [-0.4, -0.2) is 13.4 Å². The molecule has 0 radical (unpaired) electrons.